The third-order valence-corrected chi connectivity index (χ3v) is 4.42. The van der Waals surface area contributed by atoms with Crippen molar-refractivity contribution in [3.05, 3.63) is 65.7 Å². The first-order valence-corrected chi connectivity index (χ1v) is 8.59. The minimum atomic E-state index is -0.990. The number of carbonyl (C=O) groups is 1. The van der Waals surface area contributed by atoms with Crippen molar-refractivity contribution in [2.75, 3.05) is 6.61 Å². The predicted octanol–water partition coefficient (Wildman–Crippen LogP) is 4.70. The second-order valence-electron chi connectivity index (χ2n) is 5.25. The molecule has 126 valence electrons. The van der Waals surface area contributed by atoms with Gasteiger partial charge in [-0.15, -0.1) is 0 Å². The molecule has 5 heteroatoms. The number of aryl methyl sites for hydroxylation is 1. The smallest absolute Gasteiger partial charge is 0.344 e. The fraction of sp³-hybridized carbons (Fsp3) is 0.211. The third-order valence-electron chi connectivity index (χ3n) is 3.36. The Bertz CT molecular complexity index is 725. The Labute approximate surface area is 155 Å². The van der Waals surface area contributed by atoms with Crippen molar-refractivity contribution in [2.24, 2.45) is 0 Å². The summed E-state index contributed by atoms with van der Waals surface area (Å²) in [6, 6.07) is 15.5. The van der Waals surface area contributed by atoms with Crippen LogP contribution in [0.2, 0.25) is 0 Å². The molecule has 0 aromatic heterocycles. The molecule has 1 atom stereocenters. The molecule has 0 aliphatic heterocycles. The molecule has 1 N–H and O–H groups in total. The van der Waals surface area contributed by atoms with Crippen LogP contribution in [0.1, 0.15) is 18.1 Å². The minimum absolute atomic E-state index is 0.457. The van der Waals surface area contributed by atoms with E-state index in [1.807, 2.05) is 37.3 Å². The second kappa shape index (κ2) is 8.73. The number of carboxylic acids is 1. The van der Waals surface area contributed by atoms with Gasteiger partial charge in [0.15, 0.2) is 6.10 Å². The number of aliphatic carboxylic acids is 1. The highest BCUT2D eigenvalue weighted by Gasteiger charge is 2.13. The molecule has 1 unspecified atom stereocenters. The van der Waals surface area contributed by atoms with Crippen LogP contribution < -0.4 is 9.47 Å². The molecule has 0 heterocycles. The van der Waals surface area contributed by atoms with Crippen LogP contribution in [0.5, 0.6) is 11.5 Å². The van der Waals surface area contributed by atoms with Crippen molar-refractivity contribution < 1.29 is 19.4 Å². The number of carboxylic acid groups (broad SMARTS) is 1. The lowest BCUT2D eigenvalue weighted by atomic mass is 10.2. The second-order valence-corrected chi connectivity index (χ2v) is 6.42. The number of hydrogen-bond donors (Lipinski definition) is 1. The number of hydrogen-bond acceptors (Lipinski definition) is 3. The van der Waals surface area contributed by atoms with Crippen LogP contribution in [0, 0.1) is 6.92 Å². The van der Waals surface area contributed by atoms with Gasteiger partial charge in [-0.3, -0.25) is 0 Å². The highest BCUT2D eigenvalue weighted by atomic mass is 127. The maximum Gasteiger partial charge on any atom is 0.344 e. The Morgan fingerprint density at radius 2 is 1.96 bits per heavy atom. The molecule has 2 aromatic carbocycles. The van der Waals surface area contributed by atoms with Gasteiger partial charge >= 0.3 is 5.97 Å². The van der Waals surface area contributed by atoms with Gasteiger partial charge in [0.25, 0.3) is 0 Å². The van der Waals surface area contributed by atoms with Gasteiger partial charge in [-0.25, -0.2) is 4.79 Å². The van der Waals surface area contributed by atoms with Gasteiger partial charge < -0.3 is 14.6 Å². The van der Waals surface area contributed by atoms with E-state index in [2.05, 4.69) is 34.7 Å². The van der Waals surface area contributed by atoms with E-state index < -0.39 is 12.1 Å². The number of ether oxygens (including phenoxy) is 2. The van der Waals surface area contributed by atoms with Crippen molar-refractivity contribution in [1.82, 2.24) is 0 Å². The van der Waals surface area contributed by atoms with E-state index in [1.165, 1.54) is 6.92 Å². The minimum Gasteiger partial charge on any atom is -0.489 e. The van der Waals surface area contributed by atoms with Crippen molar-refractivity contribution in [2.45, 2.75) is 20.0 Å². The first-order valence-electron chi connectivity index (χ1n) is 7.51. The molecule has 0 aliphatic carbocycles. The highest BCUT2D eigenvalue weighted by Crippen LogP contribution is 2.25. The lowest BCUT2D eigenvalue weighted by Crippen LogP contribution is -2.23. The zero-order valence-electron chi connectivity index (χ0n) is 13.5. The topological polar surface area (TPSA) is 55.8 Å². The molecule has 2 rings (SSSR count). The van der Waals surface area contributed by atoms with Crippen LogP contribution in [0.15, 0.2) is 54.6 Å². The molecule has 0 spiro atoms. The maximum absolute atomic E-state index is 10.8. The Hall–Kier alpha value is -2.02. The quantitative estimate of drug-likeness (QED) is 0.637. The van der Waals surface area contributed by atoms with Crippen molar-refractivity contribution in [3.8, 4) is 11.5 Å². The fourth-order valence-electron chi connectivity index (χ4n) is 2.01. The van der Waals surface area contributed by atoms with Crippen molar-refractivity contribution in [1.29, 1.82) is 0 Å². The molecular formula is C19H19IO4. The summed E-state index contributed by atoms with van der Waals surface area (Å²) >= 11 is 2.29. The average Bonchev–Trinajstić information content (AvgIpc) is 2.57. The fourth-order valence-corrected chi connectivity index (χ4v) is 2.55. The maximum atomic E-state index is 10.8. The molecule has 0 amide bonds. The lowest BCUT2D eigenvalue weighted by Gasteiger charge is -2.13. The molecule has 0 saturated carbocycles. The first-order chi connectivity index (χ1) is 11.5. The first kappa shape index (κ1) is 18.3. The summed E-state index contributed by atoms with van der Waals surface area (Å²) in [5.74, 6) is 0.276. The summed E-state index contributed by atoms with van der Waals surface area (Å²) in [4.78, 5) is 10.8. The van der Waals surface area contributed by atoms with Gasteiger partial charge in [0.1, 0.15) is 18.1 Å². The monoisotopic (exact) mass is 438 g/mol. The molecule has 2 aromatic rings. The van der Waals surface area contributed by atoms with E-state index in [-0.39, 0.29) is 0 Å². The van der Waals surface area contributed by atoms with Gasteiger partial charge in [0, 0.05) is 3.58 Å². The zero-order chi connectivity index (χ0) is 17.5. The summed E-state index contributed by atoms with van der Waals surface area (Å²) in [5.41, 5.74) is 1.99. The van der Waals surface area contributed by atoms with E-state index in [1.54, 1.807) is 12.1 Å². The van der Waals surface area contributed by atoms with Crippen LogP contribution in [0.3, 0.4) is 0 Å². The zero-order valence-corrected chi connectivity index (χ0v) is 15.7. The van der Waals surface area contributed by atoms with Gasteiger partial charge in [0.05, 0.1) is 0 Å². The molecule has 0 bridgehead atoms. The number of halogens is 1. The molecular weight excluding hydrogens is 419 g/mol. The van der Waals surface area contributed by atoms with Gasteiger partial charge in [-0.1, -0.05) is 30.3 Å². The standard InChI is InChI=1S/C19H19IO4/c1-13-12-16(8-9-18(13)24-14(2)19(21)22)23-11-10-17(20)15-6-4-3-5-7-15/h3-10,12,14H,11H2,1-2H3,(H,21,22)/b17-10-. The van der Waals surface area contributed by atoms with Crippen LogP contribution in [0.25, 0.3) is 3.58 Å². The molecule has 24 heavy (non-hydrogen) atoms. The van der Waals surface area contributed by atoms with Crippen LogP contribution in [-0.4, -0.2) is 23.8 Å². The molecule has 0 radical (unpaired) electrons. The molecule has 0 saturated heterocycles. The summed E-state index contributed by atoms with van der Waals surface area (Å²) in [5, 5.41) is 8.89. The van der Waals surface area contributed by atoms with Crippen LogP contribution in [-0.2, 0) is 4.79 Å². The number of benzene rings is 2. The SMILES string of the molecule is Cc1cc(OC/C=C(\I)c2ccccc2)ccc1OC(C)C(=O)O. The van der Waals surface area contributed by atoms with Crippen LogP contribution in [0.4, 0.5) is 0 Å². The van der Waals surface area contributed by atoms with Gasteiger partial charge in [0.2, 0.25) is 0 Å². The Balaban J connectivity index is 1.96. The molecule has 4 nitrogen and oxygen atoms in total. The summed E-state index contributed by atoms with van der Waals surface area (Å²) < 4.78 is 12.3. The van der Waals surface area contributed by atoms with Crippen LogP contribution >= 0.6 is 22.6 Å². The Kier molecular flexibility index (Phi) is 6.66. The Morgan fingerprint density at radius 3 is 2.58 bits per heavy atom. The van der Waals surface area contributed by atoms with Gasteiger partial charge in [-0.2, -0.15) is 0 Å². The largest absolute Gasteiger partial charge is 0.489 e. The van der Waals surface area contributed by atoms with E-state index in [9.17, 15) is 4.79 Å². The normalized spacial score (nSPS) is 12.5. The number of rotatable bonds is 7. The van der Waals surface area contributed by atoms with E-state index in [0.29, 0.717) is 12.4 Å². The van der Waals surface area contributed by atoms with E-state index >= 15 is 0 Å². The van der Waals surface area contributed by atoms with Crippen molar-refractivity contribution >= 4 is 32.1 Å². The highest BCUT2D eigenvalue weighted by molar-refractivity contribution is 14.1. The Morgan fingerprint density at radius 1 is 1.25 bits per heavy atom. The van der Waals surface area contributed by atoms with E-state index in [4.69, 9.17) is 14.6 Å². The van der Waals surface area contributed by atoms with Crippen molar-refractivity contribution in [3.63, 3.8) is 0 Å². The molecule has 0 fully saturated rings. The predicted molar refractivity (Wildman–Crippen MR) is 103 cm³/mol. The third kappa shape index (κ3) is 5.26. The summed E-state index contributed by atoms with van der Waals surface area (Å²) in [7, 11) is 0. The molecule has 0 aliphatic rings. The van der Waals surface area contributed by atoms with E-state index in [0.717, 1.165) is 20.5 Å². The van der Waals surface area contributed by atoms with Gasteiger partial charge in [-0.05, 0) is 71.8 Å². The summed E-state index contributed by atoms with van der Waals surface area (Å²) in [6.07, 6.45) is 1.13. The lowest BCUT2D eigenvalue weighted by molar-refractivity contribution is -0.144. The summed E-state index contributed by atoms with van der Waals surface area (Å²) in [6.45, 7) is 3.82. The average molecular weight is 438 g/mol.